The third-order valence-corrected chi connectivity index (χ3v) is 4.81. The maximum atomic E-state index is 11.1. The Bertz CT molecular complexity index is 665. The molecule has 1 heterocycles. The van der Waals surface area contributed by atoms with Gasteiger partial charge in [-0.2, -0.15) is 0 Å². The number of carboxylic acids is 1. The average molecular weight is 379 g/mol. The number of carboxylic acid groups (broad SMARTS) is 1. The molecule has 1 aromatic carbocycles. The number of aliphatic carboxylic acids is 1. The second-order valence-electron chi connectivity index (χ2n) is 7.39. The molecule has 0 saturated carbocycles. The molecule has 0 bridgehead atoms. The van der Waals surface area contributed by atoms with E-state index in [0.717, 1.165) is 37.9 Å². The summed E-state index contributed by atoms with van der Waals surface area (Å²) >= 11 is 0. The number of carbonyl (C=O) groups is 1. The quantitative estimate of drug-likeness (QED) is 0.548. The van der Waals surface area contributed by atoms with Crippen molar-refractivity contribution >= 4 is 11.7 Å². The molecule has 8 heteroatoms. The highest BCUT2D eigenvalue weighted by Crippen LogP contribution is 2.27. The van der Waals surface area contributed by atoms with Crippen LogP contribution < -0.4 is 4.74 Å². The van der Waals surface area contributed by atoms with Crippen LogP contribution >= 0.6 is 0 Å². The van der Waals surface area contributed by atoms with Gasteiger partial charge in [0.2, 0.25) is 0 Å². The fraction of sp³-hybridized carbons (Fsp3) is 0.632. The highest BCUT2D eigenvalue weighted by Gasteiger charge is 2.23. The molecule has 2 rings (SSSR count). The molecule has 27 heavy (non-hydrogen) atoms. The minimum atomic E-state index is -0.814. The van der Waals surface area contributed by atoms with E-state index in [1.165, 1.54) is 6.07 Å². The van der Waals surface area contributed by atoms with Gasteiger partial charge in [0.1, 0.15) is 5.75 Å². The first-order valence-corrected chi connectivity index (χ1v) is 9.34. The first-order valence-electron chi connectivity index (χ1n) is 9.34. The zero-order valence-electron chi connectivity index (χ0n) is 16.3. The zero-order chi connectivity index (χ0) is 20.0. The molecule has 1 aromatic rings. The van der Waals surface area contributed by atoms with Crippen LogP contribution in [0.15, 0.2) is 18.2 Å². The van der Waals surface area contributed by atoms with Gasteiger partial charge in [-0.05, 0) is 59.3 Å². The van der Waals surface area contributed by atoms with Crippen molar-refractivity contribution in [1.29, 1.82) is 0 Å². The SMILES string of the molecule is CC(C)Oc1ccc([N+](=O)[O-])cc1CN1CCCC(N(C)CC(=O)O)CC1. The van der Waals surface area contributed by atoms with Crippen LogP contribution in [-0.4, -0.2) is 64.6 Å². The lowest BCUT2D eigenvalue weighted by Gasteiger charge is -2.26. The predicted molar refractivity (Wildman–Crippen MR) is 102 cm³/mol. The number of nitro groups is 1. The van der Waals surface area contributed by atoms with E-state index in [0.29, 0.717) is 12.3 Å². The van der Waals surface area contributed by atoms with Gasteiger partial charge in [-0.1, -0.05) is 0 Å². The largest absolute Gasteiger partial charge is 0.491 e. The van der Waals surface area contributed by atoms with Gasteiger partial charge in [-0.15, -0.1) is 0 Å². The summed E-state index contributed by atoms with van der Waals surface area (Å²) in [5.41, 5.74) is 0.880. The van der Waals surface area contributed by atoms with Crippen LogP contribution in [0.2, 0.25) is 0 Å². The van der Waals surface area contributed by atoms with Crippen molar-refractivity contribution in [2.75, 3.05) is 26.7 Å². The van der Waals surface area contributed by atoms with Gasteiger partial charge in [-0.3, -0.25) is 24.7 Å². The molecule has 1 saturated heterocycles. The number of benzene rings is 1. The fourth-order valence-electron chi connectivity index (χ4n) is 3.49. The minimum absolute atomic E-state index is 0.0108. The van der Waals surface area contributed by atoms with Crippen LogP contribution in [-0.2, 0) is 11.3 Å². The Morgan fingerprint density at radius 3 is 2.78 bits per heavy atom. The van der Waals surface area contributed by atoms with Crippen molar-refractivity contribution in [3.63, 3.8) is 0 Å². The summed E-state index contributed by atoms with van der Waals surface area (Å²) in [4.78, 5) is 25.8. The standard InChI is InChI=1S/C19H29N3O5/c1-14(2)27-18-7-6-17(22(25)26)11-15(18)12-21-9-4-5-16(8-10-21)20(3)13-19(23)24/h6-7,11,14,16H,4-5,8-10,12-13H2,1-3H3,(H,23,24). The van der Waals surface area contributed by atoms with Crippen molar-refractivity contribution in [1.82, 2.24) is 9.80 Å². The lowest BCUT2D eigenvalue weighted by Crippen LogP contribution is -2.36. The number of hydrogen-bond donors (Lipinski definition) is 1. The number of rotatable bonds is 8. The molecule has 1 aliphatic rings. The Balaban J connectivity index is 2.08. The number of likely N-dealkylation sites (N-methyl/N-ethyl adjacent to an activating group) is 1. The van der Waals surface area contributed by atoms with E-state index in [4.69, 9.17) is 9.84 Å². The summed E-state index contributed by atoms with van der Waals surface area (Å²) in [6.45, 7) is 6.18. The van der Waals surface area contributed by atoms with Gasteiger partial charge in [0.15, 0.2) is 0 Å². The maximum absolute atomic E-state index is 11.1. The van der Waals surface area contributed by atoms with Gasteiger partial charge in [0.25, 0.3) is 5.69 Å². The predicted octanol–water partition coefficient (Wildman–Crippen LogP) is 2.75. The molecule has 1 unspecified atom stereocenters. The highest BCUT2D eigenvalue weighted by atomic mass is 16.6. The molecule has 1 N–H and O–H groups in total. The average Bonchev–Trinajstić information content (AvgIpc) is 2.81. The Hall–Kier alpha value is -2.19. The lowest BCUT2D eigenvalue weighted by atomic mass is 10.1. The second kappa shape index (κ2) is 9.66. The first kappa shape index (κ1) is 21.1. The number of ether oxygens (including phenoxy) is 1. The van der Waals surface area contributed by atoms with E-state index >= 15 is 0 Å². The van der Waals surface area contributed by atoms with Crippen LogP contribution in [0.5, 0.6) is 5.75 Å². The van der Waals surface area contributed by atoms with Crippen molar-refractivity contribution in [3.8, 4) is 5.75 Å². The van der Waals surface area contributed by atoms with E-state index in [1.54, 1.807) is 12.1 Å². The third kappa shape index (κ3) is 6.48. The smallest absolute Gasteiger partial charge is 0.317 e. The van der Waals surface area contributed by atoms with Crippen molar-refractivity contribution in [2.45, 2.75) is 51.8 Å². The molecule has 1 fully saturated rings. The normalized spacial score (nSPS) is 18.5. The molecule has 8 nitrogen and oxygen atoms in total. The number of nitrogens with zero attached hydrogens (tertiary/aromatic N) is 3. The van der Waals surface area contributed by atoms with E-state index < -0.39 is 5.97 Å². The second-order valence-corrected chi connectivity index (χ2v) is 7.39. The summed E-state index contributed by atoms with van der Waals surface area (Å²) in [5.74, 6) is -0.134. The van der Waals surface area contributed by atoms with Crippen LogP contribution in [0, 0.1) is 10.1 Å². The number of likely N-dealkylation sites (tertiary alicyclic amines) is 1. The van der Waals surface area contributed by atoms with Gasteiger partial charge < -0.3 is 9.84 Å². The van der Waals surface area contributed by atoms with E-state index in [-0.39, 0.29) is 29.3 Å². The van der Waals surface area contributed by atoms with E-state index in [2.05, 4.69) is 4.90 Å². The number of nitro benzene ring substituents is 1. The molecule has 1 aliphatic heterocycles. The Morgan fingerprint density at radius 1 is 1.41 bits per heavy atom. The summed E-state index contributed by atoms with van der Waals surface area (Å²) in [6.07, 6.45) is 2.77. The van der Waals surface area contributed by atoms with Crippen LogP contribution in [0.25, 0.3) is 0 Å². The Labute approximate surface area is 159 Å². The zero-order valence-corrected chi connectivity index (χ0v) is 16.3. The molecule has 1 atom stereocenters. The molecule has 0 spiro atoms. The van der Waals surface area contributed by atoms with Gasteiger partial charge in [0.05, 0.1) is 17.6 Å². The third-order valence-electron chi connectivity index (χ3n) is 4.81. The van der Waals surface area contributed by atoms with Crippen LogP contribution in [0.1, 0.15) is 38.7 Å². The number of non-ortho nitro benzene ring substituents is 1. The molecule has 0 aliphatic carbocycles. The fourth-order valence-corrected chi connectivity index (χ4v) is 3.49. The topological polar surface area (TPSA) is 96.2 Å². The van der Waals surface area contributed by atoms with Gasteiger partial charge in [0, 0.05) is 30.3 Å². The molecule has 0 radical (unpaired) electrons. The summed E-state index contributed by atoms with van der Waals surface area (Å²) in [6, 6.07) is 4.98. The van der Waals surface area contributed by atoms with Gasteiger partial charge >= 0.3 is 5.97 Å². The highest BCUT2D eigenvalue weighted by molar-refractivity contribution is 5.69. The number of hydrogen-bond acceptors (Lipinski definition) is 6. The minimum Gasteiger partial charge on any atom is -0.491 e. The Kier molecular flexibility index (Phi) is 7.55. The van der Waals surface area contributed by atoms with Crippen molar-refractivity contribution < 1.29 is 19.6 Å². The van der Waals surface area contributed by atoms with Crippen LogP contribution in [0.3, 0.4) is 0 Å². The van der Waals surface area contributed by atoms with E-state index in [1.807, 2.05) is 25.8 Å². The summed E-state index contributed by atoms with van der Waals surface area (Å²) < 4.78 is 5.83. The molecule has 150 valence electrons. The molecular weight excluding hydrogens is 350 g/mol. The monoisotopic (exact) mass is 379 g/mol. The van der Waals surface area contributed by atoms with Crippen molar-refractivity contribution in [2.24, 2.45) is 0 Å². The molecule has 0 amide bonds. The molecule has 0 aromatic heterocycles. The first-order chi connectivity index (χ1) is 12.8. The lowest BCUT2D eigenvalue weighted by molar-refractivity contribution is -0.385. The molecular formula is C19H29N3O5. The summed E-state index contributed by atoms with van der Waals surface area (Å²) in [7, 11) is 1.85. The Morgan fingerprint density at radius 2 is 2.15 bits per heavy atom. The van der Waals surface area contributed by atoms with Crippen LogP contribution in [0.4, 0.5) is 5.69 Å². The van der Waals surface area contributed by atoms with Crippen molar-refractivity contribution in [3.05, 3.63) is 33.9 Å². The maximum Gasteiger partial charge on any atom is 0.317 e. The van der Waals surface area contributed by atoms with Gasteiger partial charge in [-0.25, -0.2) is 0 Å². The van der Waals surface area contributed by atoms with E-state index in [9.17, 15) is 14.9 Å². The summed E-state index contributed by atoms with van der Waals surface area (Å²) in [5, 5.41) is 20.1.